The van der Waals surface area contributed by atoms with Crippen LogP contribution in [0.2, 0.25) is 0 Å². The van der Waals surface area contributed by atoms with Gasteiger partial charge in [0, 0.05) is 9.81 Å². The minimum atomic E-state index is -0.398. The molecule has 5 aromatic rings. The van der Waals surface area contributed by atoms with Crippen LogP contribution in [0.15, 0.2) is 136 Å². The SMILES string of the molecule is O=c1c(=C2SC(c3ccccc3)=C(c3ccccc3)S2)sc2n1[C@H](c1ccc(F)cc1)C1=C(N=2)/C(=C/c2ccc(F)cc2)CCC1. The van der Waals surface area contributed by atoms with E-state index in [1.807, 2.05) is 41.0 Å². The molecule has 1 aromatic heterocycles. The van der Waals surface area contributed by atoms with Gasteiger partial charge in [-0.25, -0.2) is 13.8 Å². The van der Waals surface area contributed by atoms with Gasteiger partial charge >= 0.3 is 0 Å². The quantitative estimate of drug-likeness (QED) is 0.193. The molecule has 0 N–H and O–H groups in total. The fourth-order valence-electron chi connectivity index (χ4n) is 6.23. The Labute approximate surface area is 277 Å². The molecule has 46 heavy (non-hydrogen) atoms. The average Bonchev–Trinajstić information content (AvgIpc) is 3.68. The lowest BCUT2D eigenvalue weighted by molar-refractivity contribution is 0.551. The molecule has 0 unspecified atom stereocenters. The average molecular weight is 661 g/mol. The van der Waals surface area contributed by atoms with Crippen LogP contribution in [-0.2, 0) is 0 Å². The third-order valence-electron chi connectivity index (χ3n) is 8.36. The van der Waals surface area contributed by atoms with Crippen LogP contribution in [0, 0.1) is 11.6 Å². The van der Waals surface area contributed by atoms with E-state index in [1.54, 1.807) is 47.8 Å². The molecule has 4 aromatic carbocycles. The lowest BCUT2D eigenvalue weighted by Crippen LogP contribution is -2.39. The molecule has 2 aliphatic heterocycles. The third-order valence-corrected chi connectivity index (χ3v) is 12.4. The first kappa shape index (κ1) is 29.2. The summed E-state index contributed by atoms with van der Waals surface area (Å²) in [7, 11) is 0. The highest BCUT2D eigenvalue weighted by atomic mass is 32.2. The zero-order valence-corrected chi connectivity index (χ0v) is 26.9. The van der Waals surface area contributed by atoms with Crippen LogP contribution in [-0.4, -0.2) is 4.57 Å². The van der Waals surface area contributed by atoms with Gasteiger partial charge in [-0.05, 0) is 83.0 Å². The number of halogens is 2. The van der Waals surface area contributed by atoms with Crippen LogP contribution in [0.25, 0.3) is 20.1 Å². The highest BCUT2D eigenvalue weighted by Gasteiger charge is 2.34. The van der Waals surface area contributed by atoms with E-state index in [-0.39, 0.29) is 17.2 Å². The standard InChI is InChI=1S/C38H26F2N2OS3/c39-28-18-14-23(15-19-28)22-27-12-7-13-30-31(27)41-38-42(32(30)24-16-20-29(40)21-17-24)36(43)35(46-38)37-44-33(25-8-3-1-4-9-25)34(45-37)26-10-5-2-6-11-26/h1-6,8-11,14-22,32H,7,12-13H2/b27-22+/t32-/m1/s1. The zero-order chi connectivity index (χ0) is 31.2. The fraction of sp³-hybridized carbons (Fsp3) is 0.105. The molecule has 0 spiro atoms. The van der Waals surface area contributed by atoms with Crippen LogP contribution < -0.4 is 14.9 Å². The van der Waals surface area contributed by atoms with E-state index in [0.29, 0.717) is 9.33 Å². The first-order valence-corrected chi connectivity index (χ1v) is 17.5. The summed E-state index contributed by atoms with van der Waals surface area (Å²) in [4.78, 5) is 22.6. The lowest BCUT2D eigenvalue weighted by atomic mass is 9.84. The number of rotatable bonds is 4. The zero-order valence-electron chi connectivity index (χ0n) is 24.5. The van der Waals surface area contributed by atoms with Gasteiger partial charge in [0.05, 0.1) is 16.0 Å². The van der Waals surface area contributed by atoms with Crippen molar-refractivity contribution in [1.82, 2.24) is 4.57 Å². The van der Waals surface area contributed by atoms with E-state index >= 15 is 0 Å². The summed E-state index contributed by atoms with van der Waals surface area (Å²) in [5.41, 5.74) is 6.87. The summed E-state index contributed by atoms with van der Waals surface area (Å²) in [6, 6.07) is 33.1. The predicted octanol–water partition coefficient (Wildman–Crippen LogP) is 9.00. The van der Waals surface area contributed by atoms with Crippen LogP contribution in [0.5, 0.6) is 0 Å². The number of nitrogens with zero attached hydrogens (tertiary/aromatic N) is 2. The van der Waals surface area contributed by atoms with Crippen LogP contribution in [0.3, 0.4) is 0 Å². The predicted molar refractivity (Wildman–Crippen MR) is 187 cm³/mol. The van der Waals surface area contributed by atoms with E-state index in [9.17, 15) is 13.6 Å². The van der Waals surface area contributed by atoms with Crippen molar-refractivity contribution in [2.45, 2.75) is 25.3 Å². The summed E-state index contributed by atoms with van der Waals surface area (Å²) in [6.07, 6.45) is 4.57. The van der Waals surface area contributed by atoms with Crippen molar-refractivity contribution >= 4 is 55.0 Å². The fourth-order valence-corrected chi connectivity index (χ4v) is 10.2. The van der Waals surface area contributed by atoms with Gasteiger partial charge in [0.1, 0.15) is 16.2 Å². The Balaban J connectivity index is 1.32. The number of aromatic nitrogens is 1. The second-order valence-electron chi connectivity index (χ2n) is 11.3. The lowest BCUT2D eigenvalue weighted by Gasteiger charge is -2.31. The Morgan fingerprint density at radius 3 is 1.93 bits per heavy atom. The van der Waals surface area contributed by atoms with E-state index in [2.05, 4.69) is 30.3 Å². The molecular weight excluding hydrogens is 635 g/mol. The number of allylic oxidation sites excluding steroid dienone is 2. The molecule has 0 radical (unpaired) electrons. The topological polar surface area (TPSA) is 34.4 Å². The van der Waals surface area contributed by atoms with Gasteiger partial charge in [-0.3, -0.25) is 9.36 Å². The third kappa shape index (κ3) is 5.34. The highest BCUT2D eigenvalue weighted by Crippen LogP contribution is 2.57. The van der Waals surface area contributed by atoms with Crippen LogP contribution in [0.1, 0.15) is 47.6 Å². The minimum Gasteiger partial charge on any atom is -0.272 e. The Hall–Kier alpha value is -4.24. The second kappa shape index (κ2) is 12.2. The van der Waals surface area contributed by atoms with Crippen molar-refractivity contribution in [3.63, 3.8) is 0 Å². The first-order chi connectivity index (χ1) is 22.5. The molecule has 3 aliphatic rings. The molecule has 0 bridgehead atoms. The Kier molecular flexibility index (Phi) is 7.72. The number of benzene rings is 4. The van der Waals surface area contributed by atoms with E-state index in [0.717, 1.165) is 72.4 Å². The number of hydrogen-bond acceptors (Lipinski definition) is 5. The van der Waals surface area contributed by atoms with Gasteiger partial charge in [-0.15, -0.1) is 0 Å². The Morgan fingerprint density at radius 1 is 0.739 bits per heavy atom. The maximum Gasteiger partial charge on any atom is 0.272 e. The number of thioether (sulfide) groups is 2. The molecule has 3 nitrogen and oxygen atoms in total. The summed E-state index contributed by atoms with van der Waals surface area (Å²) in [5, 5.41) is 0. The van der Waals surface area contributed by atoms with Gasteiger partial charge in [0.2, 0.25) is 0 Å². The Morgan fingerprint density at radius 2 is 1.33 bits per heavy atom. The highest BCUT2D eigenvalue weighted by molar-refractivity contribution is 8.41. The van der Waals surface area contributed by atoms with Gasteiger partial charge < -0.3 is 0 Å². The van der Waals surface area contributed by atoms with Crippen LogP contribution >= 0.6 is 34.9 Å². The molecule has 0 fully saturated rings. The van der Waals surface area contributed by atoms with E-state index in [4.69, 9.17) is 4.99 Å². The second-order valence-corrected chi connectivity index (χ2v) is 14.6. The molecule has 226 valence electrons. The number of fused-ring (bicyclic) bond motifs is 1. The van der Waals surface area contributed by atoms with Crippen molar-refractivity contribution < 1.29 is 8.78 Å². The largest absolute Gasteiger partial charge is 0.272 e. The van der Waals surface area contributed by atoms with Crippen molar-refractivity contribution in [2.75, 3.05) is 0 Å². The van der Waals surface area contributed by atoms with Crippen molar-refractivity contribution in [3.8, 4) is 0 Å². The van der Waals surface area contributed by atoms with Crippen LogP contribution in [0.4, 0.5) is 8.78 Å². The van der Waals surface area contributed by atoms with Gasteiger partial charge in [0.25, 0.3) is 5.56 Å². The summed E-state index contributed by atoms with van der Waals surface area (Å²) in [6.45, 7) is 0. The van der Waals surface area contributed by atoms with E-state index < -0.39 is 6.04 Å². The van der Waals surface area contributed by atoms with Crippen molar-refractivity contribution in [2.24, 2.45) is 4.99 Å². The maximum absolute atomic E-state index is 14.5. The summed E-state index contributed by atoms with van der Waals surface area (Å²) < 4.78 is 31.2. The molecular formula is C38H26F2N2OS3. The smallest absolute Gasteiger partial charge is 0.272 e. The number of thiazole rings is 1. The molecule has 1 atom stereocenters. The molecule has 8 rings (SSSR count). The molecule has 0 amide bonds. The normalized spacial score (nSPS) is 18.5. The molecule has 8 heteroatoms. The number of hydrogen-bond donors (Lipinski definition) is 0. The molecule has 3 heterocycles. The molecule has 1 aliphatic carbocycles. The van der Waals surface area contributed by atoms with Gasteiger partial charge in [-0.1, -0.05) is 120 Å². The summed E-state index contributed by atoms with van der Waals surface area (Å²) in [5.74, 6) is -0.597. The minimum absolute atomic E-state index is 0.0871. The maximum atomic E-state index is 14.5. The van der Waals surface area contributed by atoms with Gasteiger partial charge in [-0.2, -0.15) is 0 Å². The van der Waals surface area contributed by atoms with Crippen molar-refractivity contribution in [3.05, 3.63) is 180 Å². The Bertz CT molecular complexity index is 2200. The molecule has 0 saturated carbocycles. The summed E-state index contributed by atoms with van der Waals surface area (Å²) >= 11 is 4.68. The van der Waals surface area contributed by atoms with E-state index in [1.165, 1.54) is 35.6 Å². The monoisotopic (exact) mass is 660 g/mol. The van der Waals surface area contributed by atoms with Gasteiger partial charge in [0.15, 0.2) is 4.80 Å². The van der Waals surface area contributed by atoms with Crippen molar-refractivity contribution in [1.29, 1.82) is 0 Å². The molecule has 0 saturated heterocycles. The first-order valence-electron chi connectivity index (χ1n) is 15.0.